The van der Waals surface area contributed by atoms with Crippen molar-refractivity contribution in [1.82, 2.24) is 14.4 Å². The van der Waals surface area contributed by atoms with Crippen LogP contribution in [0, 0.1) is 0 Å². The number of esters is 1. The van der Waals surface area contributed by atoms with Crippen LogP contribution in [0.1, 0.15) is 6.92 Å². The summed E-state index contributed by atoms with van der Waals surface area (Å²) in [6, 6.07) is 7.60. The SMILES string of the molecule is CCOC(=O)CNc1c(-c2cccnc2)nc2ccc(Br)cn12. The molecule has 3 rings (SSSR count). The Morgan fingerprint density at radius 2 is 2.26 bits per heavy atom. The van der Waals surface area contributed by atoms with Gasteiger partial charge in [0.15, 0.2) is 0 Å². The normalized spacial score (nSPS) is 10.7. The highest BCUT2D eigenvalue weighted by Crippen LogP contribution is 2.29. The van der Waals surface area contributed by atoms with Gasteiger partial charge in [0.05, 0.1) is 6.61 Å². The topological polar surface area (TPSA) is 68.5 Å². The van der Waals surface area contributed by atoms with E-state index in [4.69, 9.17) is 4.74 Å². The highest BCUT2D eigenvalue weighted by atomic mass is 79.9. The molecule has 0 unspecified atom stereocenters. The predicted octanol–water partition coefficient (Wildman–Crippen LogP) is 3.13. The van der Waals surface area contributed by atoms with Crippen LogP contribution in [-0.2, 0) is 9.53 Å². The van der Waals surface area contributed by atoms with Gasteiger partial charge in [0.1, 0.15) is 23.7 Å². The van der Waals surface area contributed by atoms with E-state index in [9.17, 15) is 4.79 Å². The average molecular weight is 375 g/mol. The molecule has 6 nitrogen and oxygen atoms in total. The molecule has 0 bridgehead atoms. The second kappa shape index (κ2) is 6.78. The van der Waals surface area contributed by atoms with Crippen LogP contribution in [0.2, 0.25) is 0 Å². The summed E-state index contributed by atoms with van der Waals surface area (Å²) < 4.78 is 7.78. The molecule has 0 amide bonds. The number of nitrogens with zero attached hydrogens (tertiary/aromatic N) is 3. The molecule has 118 valence electrons. The third-order valence-corrected chi connectivity index (χ3v) is 3.69. The molecule has 23 heavy (non-hydrogen) atoms. The first kappa shape index (κ1) is 15.5. The molecule has 1 N–H and O–H groups in total. The van der Waals surface area contributed by atoms with Crippen LogP contribution in [0.15, 0.2) is 47.3 Å². The molecule has 3 aromatic heterocycles. The van der Waals surface area contributed by atoms with Gasteiger partial charge < -0.3 is 10.1 Å². The van der Waals surface area contributed by atoms with Gasteiger partial charge >= 0.3 is 5.97 Å². The Morgan fingerprint density at radius 1 is 1.39 bits per heavy atom. The van der Waals surface area contributed by atoms with Gasteiger partial charge in [-0.2, -0.15) is 0 Å². The Hall–Kier alpha value is -2.41. The summed E-state index contributed by atoms with van der Waals surface area (Å²) in [6.45, 7) is 2.21. The van der Waals surface area contributed by atoms with Crippen molar-refractivity contribution in [2.24, 2.45) is 0 Å². The number of rotatable bonds is 5. The van der Waals surface area contributed by atoms with Crippen LogP contribution in [-0.4, -0.2) is 33.5 Å². The third-order valence-electron chi connectivity index (χ3n) is 3.22. The van der Waals surface area contributed by atoms with Crippen molar-refractivity contribution in [3.63, 3.8) is 0 Å². The summed E-state index contributed by atoms with van der Waals surface area (Å²) in [5.74, 6) is 0.414. The van der Waals surface area contributed by atoms with Crippen molar-refractivity contribution in [2.45, 2.75) is 6.92 Å². The van der Waals surface area contributed by atoms with E-state index < -0.39 is 0 Å². The first-order valence-electron chi connectivity index (χ1n) is 7.16. The van der Waals surface area contributed by atoms with Crippen molar-refractivity contribution < 1.29 is 9.53 Å². The first-order chi connectivity index (χ1) is 11.2. The Balaban J connectivity index is 2.04. The lowest BCUT2D eigenvalue weighted by Gasteiger charge is -2.08. The average Bonchev–Trinajstić information content (AvgIpc) is 2.92. The van der Waals surface area contributed by atoms with E-state index in [1.807, 2.05) is 34.9 Å². The van der Waals surface area contributed by atoms with E-state index in [1.165, 1.54) is 0 Å². The van der Waals surface area contributed by atoms with Crippen LogP contribution < -0.4 is 5.32 Å². The smallest absolute Gasteiger partial charge is 0.325 e. The van der Waals surface area contributed by atoms with Gasteiger partial charge in [0, 0.05) is 28.6 Å². The fraction of sp³-hybridized carbons (Fsp3) is 0.188. The zero-order chi connectivity index (χ0) is 16.2. The number of imidazole rings is 1. The third kappa shape index (κ3) is 3.34. The van der Waals surface area contributed by atoms with Crippen molar-refractivity contribution in [1.29, 1.82) is 0 Å². The van der Waals surface area contributed by atoms with E-state index >= 15 is 0 Å². The maximum absolute atomic E-state index is 11.7. The highest BCUT2D eigenvalue weighted by molar-refractivity contribution is 9.10. The minimum Gasteiger partial charge on any atom is -0.465 e. The van der Waals surface area contributed by atoms with Gasteiger partial charge in [-0.1, -0.05) is 0 Å². The number of fused-ring (bicyclic) bond motifs is 1. The zero-order valence-corrected chi connectivity index (χ0v) is 14.1. The molecule has 0 spiro atoms. The number of carbonyl (C=O) groups is 1. The van der Waals surface area contributed by atoms with Gasteiger partial charge in [-0.15, -0.1) is 0 Å². The minimum atomic E-state index is -0.311. The number of halogens is 1. The molecular formula is C16H15BrN4O2. The number of nitrogens with one attached hydrogen (secondary N) is 1. The number of aromatic nitrogens is 3. The Morgan fingerprint density at radius 3 is 3.00 bits per heavy atom. The van der Waals surface area contributed by atoms with Gasteiger partial charge in [-0.3, -0.25) is 14.2 Å². The zero-order valence-electron chi connectivity index (χ0n) is 12.5. The van der Waals surface area contributed by atoms with E-state index in [-0.39, 0.29) is 12.5 Å². The van der Waals surface area contributed by atoms with E-state index in [1.54, 1.807) is 19.3 Å². The van der Waals surface area contributed by atoms with E-state index in [2.05, 4.69) is 31.2 Å². The van der Waals surface area contributed by atoms with E-state index in [0.29, 0.717) is 6.61 Å². The molecule has 7 heteroatoms. The van der Waals surface area contributed by atoms with Crippen LogP contribution in [0.4, 0.5) is 5.82 Å². The molecule has 0 fully saturated rings. The second-order valence-electron chi connectivity index (χ2n) is 4.78. The van der Waals surface area contributed by atoms with Crippen LogP contribution in [0.3, 0.4) is 0 Å². The summed E-state index contributed by atoms with van der Waals surface area (Å²) in [6.07, 6.45) is 5.35. The van der Waals surface area contributed by atoms with Crippen molar-refractivity contribution >= 4 is 33.4 Å². The van der Waals surface area contributed by atoms with Gasteiger partial charge in [-0.05, 0) is 47.1 Å². The summed E-state index contributed by atoms with van der Waals surface area (Å²) in [4.78, 5) is 20.4. The molecule has 0 saturated carbocycles. The number of anilines is 1. The number of hydrogen-bond acceptors (Lipinski definition) is 5. The molecule has 3 aromatic rings. The summed E-state index contributed by atoms with van der Waals surface area (Å²) in [5.41, 5.74) is 2.39. The lowest BCUT2D eigenvalue weighted by atomic mass is 10.2. The molecule has 0 aliphatic carbocycles. The maximum atomic E-state index is 11.7. The Kier molecular flexibility index (Phi) is 4.57. The Bertz CT molecular complexity index is 833. The van der Waals surface area contributed by atoms with Crippen molar-refractivity contribution in [2.75, 3.05) is 18.5 Å². The summed E-state index contributed by atoms with van der Waals surface area (Å²) in [5, 5.41) is 3.12. The monoisotopic (exact) mass is 374 g/mol. The van der Waals surface area contributed by atoms with Gasteiger partial charge in [0.2, 0.25) is 0 Å². The quantitative estimate of drug-likeness (QED) is 0.694. The summed E-state index contributed by atoms with van der Waals surface area (Å²) in [7, 11) is 0. The number of carbonyl (C=O) groups excluding carboxylic acids is 1. The van der Waals surface area contributed by atoms with Crippen molar-refractivity contribution in [3.8, 4) is 11.3 Å². The van der Waals surface area contributed by atoms with Crippen LogP contribution >= 0.6 is 15.9 Å². The lowest BCUT2D eigenvalue weighted by Crippen LogP contribution is -2.17. The van der Waals surface area contributed by atoms with Crippen molar-refractivity contribution in [3.05, 3.63) is 47.3 Å². The molecule has 0 saturated heterocycles. The first-order valence-corrected chi connectivity index (χ1v) is 7.96. The summed E-state index contributed by atoms with van der Waals surface area (Å²) >= 11 is 3.46. The lowest BCUT2D eigenvalue weighted by molar-refractivity contribution is -0.140. The molecule has 0 aliphatic heterocycles. The standard InChI is InChI=1S/C16H15BrN4O2/c1-2-23-14(22)9-19-16-15(11-4-3-7-18-8-11)20-13-6-5-12(17)10-21(13)16/h3-8,10,19H,2,9H2,1H3. The number of ether oxygens (including phenoxy) is 1. The second-order valence-corrected chi connectivity index (χ2v) is 5.70. The number of hydrogen-bond donors (Lipinski definition) is 1. The molecular weight excluding hydrogens is 360 g/mol. The molecule has 0 aliphatic rings. The number of pyridine rings is 2. The molecule has 0 radical (unpaired) electrons. The molecule has 0 aromatic carbocycles. The Labute approximate surface area is 141 Å². The molecule has 0 atom stereocenters. The van der Waals surface area contributed by atoms with Gasteiger partial charge in [0.25, 0.3) is 0 Å². The fourth-order valence-corrected chi connectivity index (χ4v) is 2.60. The fourth-order valence-electron chi connectivity index (χ4n) is 2.26. The van der Waals surface area contributed by atoms with Crippen LogP contribution in [0.5, 0.6) is 0 Å². The van der Waals surface area contributed by atoms with Crippen LogP contribution in [0.25, 0.3) is 16.9 Å². The molecule has 3 heterocycles. The largest absolute Gasteiger partial charge is 0.465 e. The maximum Gasteiger partial charge on any atom is 0.325 e. The van der Waals surface area contributed by atoms with E-state index in [0.717, 1.165) is 27.2 Å². The highest BCUT2D eigenvalue weighted by Gasteiger charge is 2.15. The predicted molar refractivity (Wildman–Crippen MR) is 91.2 cm³/mol. The van der Waals surface area contributed by atoms with Gasteiger partial charge in [-0.25, -0.2) is 4.98 Å². The minimum absolute atomic E-state index is 0.0708.